The van der Waals surface area contributed by atoms with Gasteiger partial charge in [0.05, 0.1) is 11.1 Å². The van der Waals surface area contributed by atoms with Gasteiger partial charge in [-0.15, -0.1) is 0 Å². The van der Waals surface area contributed by atoms with Gasteiger partial charge in [-0.1, -0.05) is 31.7 Å². The van der Waals surface area contributed by atoms with Gasteiger partial charge in [-0.05, 0) is 54.7 Å². The second-order valence-corrected chi connectivity index (χ2v) is 6.68. The maximum Gasteiger partial charge on any atom is 0.249 e. The molecule has 0 spiro atoms. The van der Waals surface area contributed by atoms with Gasteiger partial charge in [-0.3, -0.25) is 9.59 Å². The molecule has 2 fully saturated rings. The Bertz CT molecular complexity index is 597. The molecule has 0 saturated heterocycles. The standard InChI is InChI=1S/C18H24N2O2/c19-17(21)14-10-9-13(11-5-1-2-6-11)15(16(14)18(20)22)12-7-3-4-8-12/h9-12H,1-8H2,(H2,19,21)(H2,20,22). The summed E-state index contributed by atoms with van der Waals surface area (Å²) in [5.41, 5.74) is 14.1. The minimum atomic E-state index is -0.564. The van der Waals surface area contributed by atoms with E-state index in [0.29, 0.717) is 17.4 Å². The van der Waals surface area contributed by atoms with Gasteiger partial charge in [0, 0.05) is 0 Å². The van der Waals surface area contributed by atoms with Gasteiger partial charge in [0.15, 0.2) is 0 Å². The van der Waals surface area contributed by atoms with Crippen LogP contribution in [0.4, 0.5) is 0 Å². The van der Waals surface area contributed by atoms with Crippen LogP contribution < -0.4 is 11.5 Å². The molecular formula is C18H24N2O2. The van der Waals surface area contributed by atoms with Crippen molar-refractivity contribution in [3.05, 3.63) is 34.4 Å². The van der Waals surface area contributed by atoms with Crippen LogP contribution >= 0.6 is 0 Å². The van der Waals surface area contributed by atoms with E-state index in [-0.39, 0.29) is 5.56 Å². The lowest BCUT2D eigenvalue weighted by Crippen LogP contribution is -2.24. The summed E-state index contributed by atoms with van der Waals surface area (Å²) in [4.78, 5) is 23.8. The number of amides is 2. The van der Waals surface area contributed by atoms with E-state index < -0.39 is 11.8 Å². The van der Waals surface area contributed by atoms with Gasteiger partial charge < -0.3 is 11.5 Å². The minimum Gasteiger partial charge on any atom is -0.366 e. The van der Waals surface area contributed by atoms with E-state index in [2.05, 4.69) is 0 Å². The number of hydrogen-bond donors (Lipinski definition) is 2. The third kappa shape index (κ3) is 2.62. The third-order valence-electron chi connectivity index (χ3n) is 5.35. The lowest BCUT2D eigenvalue weighted by molar-refractivity contribution is 0.0966. The number of carbonyl (C=O) groups is 2. The lowest BCUT2D eigenvalue weighted by Gasteiger charge is -2.24. The predicted octanol–water partition coefficient (Wildman–Crippen LogP) is 3.20. The number of nitrogens with two attached hydrogens (primary N) is 2. The molecule has 2 amide bonds. The van der Waals surface area contributed by atoms with Crippen LogP contribution in [0.2, 0.25) is 0 Å². The highest BCUT2D eigenvalue weighted by Crippen LogP contribution is 2.44. The van der Waals surface area contributed by atoms with E-state index in [4.69, 9.17) is 11.5 Å². The summed E-state index contributed by atoms with van der Waals surface area (Å²) in [5, 5.41) is 0. The molecule has 0 radical (unpaired) electrons. The average Bonchev–Trinajstić information content (AvgIpc) is 3.18. The van der Waals surface area contributed by atoms with Crippen molar-refractivity contribution in [3.63, 3.8) is 0 Å². The number of primary amides is 2. The highest BCUT2D eigenvalue weighted by molar-refractivity contribution is 6.07. The molecule has 4 N–H and O–H groups in total. The van der Waals surface area contributed by atoms with E-state index in [1.54, 1.807) is 6.07 Å². The van der Waals surface area contributed by atoms with Crippen LogP contribution in [-0.4, -0.2) is 11.8 Å². The Kier molecular flexibility index (Phi) is 4.19. The maximum absolute atomic E-state index is 12.1. The molecule has 0 bridgehead atoms. The Morgan fingerprint density at radius 1 is 0.818 bits per heavy atom. The first-order valence-electron chi connectivity index (χ1n) is 8.36. The Labute approximate surface area is 131 Å². The van der Waals surface area contributed by atoms with Crippen molar-refractivity contribution in [3.8, 4) is 0 Å². The van der Waals surface area contributed by atoms with Crippen LogP contribution in [0, 0.1) is 0 Å². The third-order valence-corrected chi connectivity index (χ3v) is 5.35. The van der Waals surface area contributed by atoms with Gasteiger partial charge in [-0.2, -0.15) is 0 Å². The topological polar surface area (TPSA) is 86.2 Å². The Morgan fingerprint density at radius 3 is 1.86 bits per heavy atom. The smallest absolute Gasteiger partial charge is 0.249 e. The molecule has 0 aliphatic heterocycles. The van der Waals surface area contributed by atoms with E-state index in [9.17, 15) is 9.59 Å². The van der Waals surface area contributed by atoms with Crippen molar-refractivity contribution in [2.24, 2.45) is 11.5 Å². The molecule has 2 aliphatic carbocycles. The SMILES string of the molecule is NC(=O)c1ccc(C2CCCC2)c(C2CCCC2)c1C(N)=O. The molecule has 0 unspecified atom stereocenters. The zero-order valence-electron chi connectivity index (χ0n) is 12.9. The first-order valence-corrected chi connectivity index (χ1v) is 8.36. The second-order valence-electron chi connectivity index (χ2n) is 6.68. The van der Waals surface area contributed by atoms with Crippen molar-refractivity contribution in [1.29, 1.82) is 0 Å². The van der Waals surface area contributed by atoms with Crippen molar-refractivity contribution >= 4 is 11.8 Å². The minimum absolute atomic E-state index is 0.288. The van der Waals surface area contributed by atoms with Gasteiger partial charge >= 0.3 is 0 Å². The zero-order valence-corrected chi connectivity index (χ0v) is 12.9. The molecule has 0 aromatic heterocycles. The Morgan fingerprint density at radius 2 is 1.36 bits per heavy atom. The zero-order chi connectivity index (χ0) is 15.7. The Balaban J connectivity index is 2.19. The number of benzene rings is 1. The molecule has 3 rings (SSSR count). The molecule has 0 atom stereocenters. The molecule has 4 nitrogen and oxygen atoms in total. The average molecular weight is 300 g/mol. The van der Waals surface area contributed by atoms with Gasteiger partial charge in [0.25, 0.3) is 0 Å². The van der Waals surface area contributed by atoms with Crippen molar-refractivity contribution in [1.82, 2.24) is 0 Å². The summed E-state index contributed by atoms with van der Waals surface area (Å²) < 4.78 is 0. The van der Waals surface area contributed by atoms with Gasteiger partial charge in [0.2, 0.25) is 11.8 Å². The summed E-state index contributed by atoms with van der Waals surface area (Å²) in [6, 6.07) is 3.73. The van der Waals surface area contributed by atoms with Gasteiger partial charge in [-0.25, -0.2) is 0 Å². The molecule has 22 heavy (non-hydrogen) atoms. The van der Waals surface area contributed by atoms with Crippen molar-refractivity contribution in [2.75, 3.05) is 0 Å². The molecule has 118 valence electrons. The maximum atomic E-state index is 12.1. The van der Waals surface area contributed by atoms with Crippen LogP contribution in [0.25, 0.3) is 0 Å². The highest BCUT2D eigenvalue weighted by atomic mass is 16.2. The van der Waals surface area contributed by atoms with Crippen molar-refractivity contribution in [2.45, 2.75) is 63.2 Å². The fourth-order valence-electron chi connectivity index (χ4n) is 4.35. The first kappa shape index (κ1) is 15.1. The van der Waals surface area contributed by atoms with Crippen molar-refractivity contribution < 1.29 is 9.59 Å². The van der Waals surface area contributed by atoms with E-state index in [1.165, 1.54) is 31.2 Å². The fourth-order valence-corrected chi connectivity index (χ4v) is 4.35. The van der Waals surface area contributed by atoms with Crippen LogP contribution in [0.15, 0.2) is 12.1 Å². The summed E-state index contributed by atoms with van der Waals surface area (Å²) >= 11 is 0. The molecule has 2 saturated carbocycles. The molecular weight excluding hydrogens is 276 g/mol. The molecule has 1 aromatic carbocycles. The summed E-state index contributed by atoms with van der Waals surface area (Å²) in [7, 11) is 0. The summed E-state index contributed by atoms with van der Waals surface area (Å²) in [5.74, 6) is -0.241. The number of hydrogen-bond acceptors (Lipinski definition) is 2. The molecule has 1 aromatic rings. The largest absolute Gasteiger partial charge is 0.366 e. The number of rotatable bonds is 4. The summed E-state index contributed by atoms with van der Waals surface area (Å²) in [6.07, 6.45) is 9.28. The molecule has 4 heteroatoms. The molecule has 0 heterocycles. The Hall–Kier alpha value is -1.84. The predicted molar refractivity (Wildman–Crippen MR) is 85.9 cm³/mol. The van der Waals surface area contributed by atoms with Crippen LogP contribution in [0.5, 0.6) is 0 Å². The molecule has 2 aliphatic rings. The lowest BCUT2D eigenvalue weighted by atomic mass is 9.80. The van der Waals surface area contributed by atoms with Crippen LogP contribution in [0.3, 0.4) is 0 Å². The summed E-state index contributed by atoms with van der Waals surface area (Å²) in [6.45, 7) is 0. The van der Waals surface area contributed by atoms with E-state index in [0.717, 1.165) is 31.2 Å². The normalized spacial score (nSPS) is 19.6. The quantitative estimate of drug-likeness (QED) is 0.894. The van der Waals surface area contributed by atoms with E-state index >= 15 is 0 Å². The second kappa shape index (κ2) is 6.11. The monoisotopic (exact) mass is 300 g/mol. The highest BCUT2D eigenvalue weighted by Gasteiger charge is 2.31. The fraction of sp³-hybridized carbons (Fsp3) is 0.556. The number of carbonyl (C=O) groups excluding carboxylic acids is 2. The van der Waals surface area contributed by atoms with Crippen LogP contribution in [-0.2, 0) is 0 Å². The van der Waals surface area contributed by atoms with Gasteiger partial charge in [0.1, 0.15) is 0 Å². The first-order chi connectivity index (χ1) is 10.6. The van der Waals surface area contributed by atoms with E-state index in [1.807, 2.05) is 6.07 Å². The van der Waals surface area contributed by atoms with Crippen LogP contribution in [0.1, 0.15) is 95.0 Å².